The number of hydrogen-bond donors (Lipinski definition) is 2. The van der Waals surface area contributed by atoms with Gasteiger partial charge in [-0.1, -0.05) is 42.5 Å². The molecule has 0 bridgehead atoms. The number of nitrogens with zero attached hydrogens (tertiary/aromatic N) is 1. The fourth-order valence-electron chi connectivity index (χ4n) is 5.94. The number of carboxylic acid groups (broad SMARTS) is 1. The van der Waals surface area contributed by atoms with E-state index in [-0.39, 0.29) is 30.6 Å². The van der Waals surface area contributed by atoms with Gasteiger partial charge in [0, 0.05) is 19.2 Å². The molecular weight excluding hydrogens is 520 g/mol. The highest BCUT2D eigenvalue weighted by Crippen LogP contribution is 2.36. The fourth-order valence-corrected chi connectivity index (χ4v) is 7.27. The highest BCUT2D eigenvalue weighted by atomic mass is 32.2. The lowest BCUT2D eigenvalue weighted by atomic mass is 9.81. The molecule has 4 rings (SSSR count). The molecule has 39 heavy (non-hydrogen) atoms. The molecule has 3 unspecified atom stereocenters. The van der Waals surface area contributed by atoms with Crippen LogP contribution in [-0.4, -0.2) is 81.4 Å². The van der Waals surface area contributed by atoms with E-state index in [9.17, 15) is 18.3 Å². The first kappa shape index (κ1) is 29.3. The molecule has 1 saturated carbocycles. The molecule has 6 atom stereocenters. The third kappa shape index (κ3) is 7.51. The summed E-state index contributed by atoms with van der Waals surface area (Å²) in [6.45, 7) is 1.90. The van der Waals surface area contributed by atoms with Crippen molar-refractivity contribution in [1.29, 1.82) is 0 Å². The van der Waals surface area contributed by atoms with Crippen LogP contribution in [0.25, 0.3) is 0 Å². The van der Waals surface area contributed by atoms with Gasteiger partial charge in [0.1, 0.15) is 5.75 Å². The first-order chi connectivity index (χ1) is 18.7. The van der Waals surface area contributed by atoms with Crippen LogP contribution in [-0.2, 0) is 25.9 Å². The van der Waals surface area contributed by atoms with Gasteiger partial charge in [0.05, 0.1) is 37.7 Å². The zero-order valence-electron chi connectivity index (χ0n) is 22.9. The maximum absolute atomic E-state index is 13.0. The van der Waals surface area contributed by atoms with Crippen molar-refractivity contribution >= 4 is 16.1 Å². The summed E-state index contributed by atoms with van der Waals surface area (Å²) in [5.41, 5.74) is 2.16. The monoisotopic (exact) mass is 560 g/mol. The smallest absolute Gasteiger partial charge is 0.407 e. The van der Waals surface area contributed by atoms with E-state index >= 15 is 0 Å². The van der Waals surface area contributed by atoms with Gasteiger partial charge in [-0.3, -0.25) is 4.90 Å². The topological polar surface area (TPSA) is 114 Å². The van der Waals surface area contributed by atoms with Crippen molar-refractivity contribution in [2.45, 2.75) is 75.3 Å². The first-order valence-corrected chi connectivity index (χ1v) is 15.2. The van der Waals surface area contributed by atoms with E-state index in [0.29, 0.717) is 24.5 Å². The van der Waals surface area contributed by atoms with Gasteiger partial charge >= 0.3 is 6.09 Å². The Labute approximate surface area is 231 Å². The number of benzene rings is 2. The molecule has 2 fully saturated rings. The SMILES string of the molecule is COc1ccc(CCS(=O)(=O)N[C@H]2C[C@@H](C)N(C(=O)O)[C@H]2COC2CCC(c3ccccc3)CC2OC)cc1. The molecule has 0 spiro atoms. The number of nitrogens with one attached hydrogen (secondary N) is 1. The van der Waals surface area contributed by atoms with Gasteiger partial charge in [0.2, 0.25) is 10.0 Å². The van der Waals surface area contributed by atoms with Crippen molar-refractivity contribution in [1.82, 2.24) is 9.62 Å². The summed E-state index contributed by atoms with van der Waals surface area (Å²) in [5.74, 6) is 0.990. The summed E-state index contributed by atoms with van der Waals surface area (Å²) in [6.07, 6.45) is 1.88. The molecule has 0 radical (unpaired) electrons. The maximum atomic E-state index is 13.0. The van der Waals surface area contributed by atoms with Crippen LogP contribution in [0, 0.1) is 0 Å². The van der Waals surface area contributed by atoms with Crippen molar-refractivity contribution in [3.05, 3.63) is 65.7 Å². The average molecular weight is 561 g/mol. The van der Waals surface area contributed by atoms with E-state index in [0.717, 1.165) is 24.8 Å². The molecule has 1 heterocycles. The largest absolute Gasteiger partial charge is 0.497 e. The van der Waals surface area contributed by atoms with Crippen molar-refractivity contribution < 1.29 is 32.5 Å². The lowest BCUT2D eigenvalue weighted by Crippen LogP contribution is -2.51. The van der Waals surface area contributed by atoms with Crippen molar-refractivity contribution in [3.63, 3.8) is 0 Å². The minimum atomic E-state index is -3.66. The summed E-state index contributed by atoms with van der Waals surface area (Å²) >= 11 is 0. The molecule has 2 N–H and O–H groups in total. The van der Waals surface area contributed by atoms with Gasteiger partial charge < -0.3 is 19.3 Å². The summed E-state index contributed by atoms with van der Waals surface area (Å²) in [4.78, 5) is 13.5. The molecule has 2 aliphatic rings. The number of ether oxygens (including phenoxy) is 3. The van der Waals surface area contributed by atoms with Crippen LogP contribution < -0.4 is 9.46 Å². The number of likely N-dealkylation sites (tertiary alicyclic amines) is 1. The normalized spacial score (nSPS) is 27.4. The minimum absolute atomic E-state index is 0.0971. The Hall–Kier alpha value is -2.66. The van der Waals surface area contributed by atoms with Gasteiger partial charge in [0.25, 0.3) is 0 Å². The predicted octanol–water partition coefficient (Wildman–Crippen LogP) is 4.03. The van der Waals surface area contributed by atoms with Crippen LogP contribution in [0.4, 0.5) is 4.79 Å². The number of carbonyl (C=O) groups is 1. The van der Waals surface area contributed by atoms with E-state index in [1.54, 1.807) is 33.3 Å². The van der Waals surface area contributed by atoms with Gasteiger partial charge in [0.15, 0.2) is 0 Å². The Morgan fingerprint density at radius 1 is 1.03 bits per heavy atom. The second kappa shape index (κ2) is 13.1. The molecule has 1 saturated heterocycles. The second-order valence-electron chi connectivity index (χ2n) is 10.5. The quantitative estimate of drug-likeness (QED) is 0.426. The van der Waals surface area contributed by atoms with Crippen molar-refractivity contribution in [2.75, 3.05) is 26.6 Å². The molecule has 214 valence electrons. The molecule has 0 aromatic heterocycles. The van der Waals surface area contributed by atoms with Crippen LogP contribution in [0.2, 0.25) is 0 Å². The van der Waals surface area contributed by atoms with E-state index in [1.807, 2.05) is 30.3 Å². The van der Waals surface area contributed by atoms with E-state index in [1.165, 1.54) is 10.5 Å². The Bertz CT molecular complexity index is 1180. The highest BCUT2D eigenvalue weighted by Gasteiger charge is 2.44. The van der Waals surface area contributed by atoms with Gasteiger partial charge in [-0.2, -0.15) is 0 Å². The Balaban J connectivity index is 1.38. The van der Waals surface area contributed by atoms with Gasteiger partial charge in [-0.15, -0.1) is 0 Å². The van der Waals surface area contributed by atoms with E-state index < -0.39 is 28.2 Å². The lowest BCUT2D eigenvalue weighted by molar-refractivity contribution is -0.0910. The lowest BCUT2D eigenvalue weighted by Gasteiger charge is -2.37. The zero-order chi connectivity index (χ0) is 28.0. The van der Waals surface area contributed by atoms with E-state index in [4.69, 9.17) is 14.2 Å². The van der Waals surface area contributed by atoms with E-state index in [2.05, 4.69) is 16.9 Å². The Kier molecular flexibility index (Phi) is 9.87. The summed E-state index contributed by atoms with van der Waals surface area (Å²) in [5, 5.41) is 9.92. The summed E-state index contributed by atoms with van der Waals surface area (Å²) in [7, 11) is -0.405. The van der Waals surface area contributed by atoms with Crippen LogP contribution in [0.3, 0.4) is 0 Å². The molecular formula is C29H40N2O7S. The average Bonchev–Trinajstić information content (AvgIpc) is 3.25. The van der Waals surface area contributed by atoms with Crippen molar-refractivity contribution in [3.8, 4) is 5.75 Å². The third-order valence-corrected chi connectivity index (χ3v) is 9.45. The molecule has 1 amide bonds. The number of hydrogen-bond acceptors (Lipinski definition) is 6. The number of methoxy groups -OCH3 is 2. The fraction of sp³-hybridized carbons (Fsp3) is 0.552. The second-order valence-corrected chi connectivity index (χ2v) is 12.4. The number of amides is 1. The third-order valence-electron chi connectivity index (χ3n) is 8.05. The molecule has 2 aromatic rings. The van der Waals surface area contributed by atoms with Crippen LogP contribution in [0.5, 0.6) is 5.75 Å². The zero-order valence-corrected chi connectivity index (χ0v) is 23.7. The molecule has 1 aliphatic heterocycles. The van der Waals surface area contributed by atoms with Crippen LogP contribution >= 0.6 is 0 Å². The van der Waals surface area contributed by atoms with Crippen molar-refractivity contribution in [2.24, 2.45) is 0 Å². The van der Waals surface area contributed by atoms with Crippen LogP contribution in [0.15, 0.2) is 54.6 Å². The Morgan fingerprint density at radius 2 is 1.74 bits per heavy atom. The Morgan fingerprint density at radius 3 is 2.38 bits per heavy atom. The van der Waals surface area contributed by atoms with Crippen LogP contribution in [0.1, 0.15) is 49.7 Å². The predicted molar refractivity (Wildman–Crippen MR) is 149 cm³/mol. The van der Waals surface area contributed by atoms with Gasteiger partial charge in [-0.05, 0) is 68.2 Å². The van der Waals surface area contributed by atoms with Gasteiger partial charge in [-0.25, -0.2) is 17.9 Å². The first-order valence-electron chi connectivity index (χ1n) is 13.5. The number of aryl methyl sites for hydroxylation is 1. The molecule has 1 aliphatic carbocycles. The maximum Gasteiger partial charge on any atom is 0.407 e. The molecule has 2 aromatic carbocycles. The summed E-state index contributed by atoms with van der Waals surface area (Å²) < 4.78 is 46.1. The minimum Gasteiger partial charge on any atom is -0.497 e. The number of sulfonamides is 1. The standard InChI is InChI=1S/C29H40N2O7S/c1-20-17-25(30-39(34,35)16-15-21-9-12-24(36-2)13-10-21)26(31(20)29(32)33)19-38-27-14-11-23(18-28(27)37-3)22-7-5-4-6-8-22/h4-10,12-13,20,23,25-28,30H,11,14-19H2,1-3H3,(H,32,33)/t20-,23?,25+,26+,27?,28?/m1/s1. The number of rotatable bonds is 11. The summed E-state index contributed by atoms with van der Waals surface area (Å²) in [6, 6.07) is 16.1. The highest BCUT2D eigenvalue weighted by molar-refractivity contribution is 7.89. The molecule has 9 nitrogen and oxygen atoms in total. The molecule has 10 heteroatoms.